The molecule has 1 atom stereocenters. The van der Waals surface area contributed by atoms with E-state index in [-0.39, 0.29) is 11.8 Å². The second kappa shape index (κ2) is 4.78. The van der Waals surface area contributed by atoms with Gasteiger partial charge in [0.05, 0.1) is 6.04 Å². The number of nitrogens with two attached hydrogens (primary N) is 1. The number of oxazole rings is 1. The minimum absolute atomic E-state index is 0.220. The molecule has 2 aromatic rings. The quantitative estimate of drug-likeness (QED) is 0.871. The normalized spacial score (nSPS) is 12.9. The molecule has 0 radical (unpaired) electrons. The van der Waals surface area contributed by atoms with E-state index in [2.05, 4.69) is 10.3 Å². The van der Waals surface area contributed by atoms with Crippen molar-refractivity contribution in [3.8, 4) is 0 Å². The van der Waals surface area contributed by atoms with Crippen LogP contribution in [0.25, 0.3) is 11.1 Å². The molecule has 18 heavy (non-hydrogen) atoms. The third-order valence-electron chi connectivity index (χ3n) is 2.58. The van der Waals surface area contributed by atoms with Crippen LogP contribution in [0.2, 0.25) is 0 Å². The van der Waals surface area contributed by atoms with Crippen LogP contribution in [-0.4, -0.2) is 16.9 Å². The zero-order valence-corrected chi connectivity index (χ0v) is 10.7. The number of nitrogens with one attached hydrogen (secondary N) is 1. The summed E-state index contributed by atoms with van der Waals surface area (Å²) < 4.78 is 5.59. The van der Waals surface area contributed by atoms with Crippen molar-refractivity contribution in [3.05, 3.63) is 24.1 Å². The van der Waals surface area contributed by atoms with Gasteiger partial charge in [-0.2, -0.15) is 0 Å². The van der Waals surface area contributed by atoms with Crippen LogP contribution in [0.1, 0.15) is 32.6 Å². The molecule has 96 valence electrons. The van der Waals surface area contributed by atoms with Crippen molar-refractivity contribution in [3.63, 3.8) is 0 Å². The summed E-state index contributed by atoms with van der Waals surface area (Å²) in [5, 5.41) is 2.73. The molecular formula is C13H17N3O2. The van der Waals surface area contributed by atoms with E-state index >= 15 is 0 Å². The first-order chi connectivity index (χ1) is 8.47. The van der Waals surface area contributed by atoms with Crippen molar-refractivity contribution in [2.24, 2.45) is 5.73 Å². The van der Waals surface area contributed by atoms with Gasteiger partial charge < -0.3 is 15.5 Å². The third-order valence-corrected chi connectivity index (χ3v) is 2.58. The van der Waals surface area contributed by atoms with Gasteiger partial charge in [0, 0.05) is 11.6 Å². The number of hydrogen-bond acceptors (Lipinski definition) is 4. The predicted octanol–water partition coefficient (Wildman–Crippen LogP) is 2.24. The van der Waals surface area contributed by atoms with E-state index in [9.17, 15) is 4.79 Å². The molecule has 1 aromatic carbocycles. The summed E-state index contributed by atoms with van der Waals surface area (Å²) >= 11 is 0. The molecule has 0 saturated heterocycles. The Hall–Kier alpha value is -1.88. The Bertz CT molecular complexity index is 573. The lowest BCUT2D eigenvalue weighted by molar-refractivity contribution is -0.117. The fraction of sp³-hybridized carbons (Fsp3) is 0.385. The van der Waals surface area contributed by atoms with E-state index < -0.39 is 6.04 Å². The highest BCUT2D eigenvalue weighted by atomic mass is 16.3. The first kappa shape index (κ1) is 12.6. The van der Waals surface area contributed by atoms with Crippen molar-refractivity contribution in [2.75, 3.05) is 5.32 Å². The molecule has 3 N–H and O–H groups in total. The van der Waals surface area contributed by atoms with Gasteiger partial charge in [-0.3, -0.25) is 4.79 Å². The number of carbonyl (C=O) groups excluding carboxylic acids is 1. The van der Waals surface area contributed by atoms with Gasteiger partial charge in [-0.25, -0.2) is 4.98 Å². The molecule has 0 saturated carbocycles. The average Bonchev–Trinajstić information content (AvgIpc) is 2.71. The van der Waals surface area contributed by atoms with Crippen molar-refractivity contribution in [2.45, 2.75) is 32.7 Å². The van der Waals surface area contributed by atoms with Crippen molar-refractivity contribution in [1.29, 1.82) is 0 Å². The topological polar surface area (TPSA) is 81.2 Å². The fourth-order valence-corrected chi connectivity index (χ4v) is 1.53. The van der Waals surface area contributed by atoms with E-state index in [1.807, 2.05) is 13.8 Å². The lowest BCUT2D eigenvalue weighted by atomic mass is 10.2. The molecular weight excluding hydrogens is 230 g/mol. The maximum atomic E-state index is 11.5. The number of benzene rings is 1. The number of anilines is 1. The van der Waals surface area contributed by atoms with Gasteiger partial charge in [0.2, 0.25) is 5.91 Å². The minimum Gasteiger partial charge on any atom is -0.440 e. The Morgan fingerprint density at radius 1 is 1.39 bits per heavy atom. The lowest BCUT2D eigenvalue weighted by Crippen LogP contribution is -2.32. The van der Waals surface area contributed by atoms with Crippen molar-refractivity contribution >= 4 is 22.7 Å². The molecule has 5 heteroatoms. The number of amides is 1. The molecule has 0 unspecified atom stereocenters. The number of fused-ring (bicyclic) bond motifs is 1. The van der Waals surface area contributed by atoms with Crippen LogP contribution in [0.3, 0.4) is 0 Å². The zero-order chi connectivity index (χ0) is 13.3. The Kier molecular flexibility index (Phi) is 3.34. The maximum absolute atomic E-state index is 11.5. The van der Waals surface area contributed by atoms with Gasteiger partial charge in [-0.15, -0.1) is 0 Å². The summed E-state index contributed by atoms with van der Waals surface area (Å²) in [7, 11) is 0. The molecule has 0 aliphatic rings. The lowest BCUT2D eigenvalue weighted by Gasteiger charge is -2.06. The molecule has 2 rings (SSSR count). The minimum atomic E-state index is -0.538. The van der Waals surface area contributed by atoms with Crippen LogP contribution >= 0.6 is 0 Å². The standard InChI is InChI=1S/C13H17N3O2/c1-7(2)13-16-10-6-9(4-5-11(10)18-13)15-12(17)8(3)14/h4-8H,14H2,1-3H3,(H,15,17)/t8-/m1/s1. The number of rotatable bonds is 3. The first-order valence-corrected chi connectivity index (χ1v) is 5.94. The number of hydrogen-bond donors (Lipinski definition) is 2. The van der Waals surface area contributed by atoms with Crippen LogP contribution in [0.4, 0.5) is 5.69 Å². The molecule has 0 spiro atoms. The van der Waals surface area contributed by atoms with Crippen LogP contribution in [0.15, 0.2) is 22.6 Å². The largest absolute Gasteiger partial charge is 0.440 e. The Morgan fingerprint density at radius 3 is 2.72 bits per heavy atom. The van der Waals surface area contributed by atoms with Gasteiger partial charge in [0.15, 0.2) is 11.5 Å². The molecule has 0 aliphatic carbocycles. The summed E-state index contributed by atoms with van der Waals surface area (Å²) in [4.78, 5) is 15.9. The van der Waals surface area contributed by atoms with Crippen LogP contribution < -0.4 is 11.1 Å². The second-order valence-corrected chi connectivity index (χ2v) is 4.67. The predicted molar refractivity (Wildman–Crippen MR) is 70.4 cm³/mol. The number of aromatic nitrogens is 1. The Balaban J connectivity index is 2.29. The Morgan fingerprint density at radius 2 is 2.11 bits per heavy atom. The highest BCUT2D eigenvalue weighted by Crippen LogP contribution is 2.23. The van der Waals surface area contributed by atoms with E-state index in [0.717, 1.165) is 11.1 Å². The van der Waals surface area contributed by atoms with E-state index in [4.69, 9.17) is 10.2 Å². The number of carbonyl (C=O) groups is 1. The maximum Gasteiger partial charge on any atom is 0.240 e. The van der Waals surface area contributed by atoms with Crippen LogP contribution in [0, 0.1) is 0 Å². The van der Waals surface area contributed by atoms with E-state index in [1.165, 1.54) is 0 Å². The second-order valence-electron chi connectivity index (χ2n) is 4.67. The molecule has 1 aromatic heterocycles. The molecule has 5 nitrogen and oxygen atoms in total. The molecule has 1 heterocycles. The van der Waals surface area contributed by atoms with E-state index in [0.29, 0.717) is 11.6 Å². The van der Waals surface area contributed by atoms with Crippen molar-refractivity contribution < 1.29 is 9.21 Å². The number of nitrogens with zero attached hydrogens (tertiary/aromatic N) is 1. The highest BCUT2D eigenvalue weighted by molar-refractivity contribution is 5.95. The molecule has 0 fully saturated rings. The van der Waals surface area contributed by atoms with Gasteiger partial charge >= 0.3 is 0 Å². The van der Waals surface area contributed by atoms with Gasteiger partial charge in [-0.05, 0) is 25.1 Å². The summed E-state index contributed by atoms with van der Waals surface area (Å²) in [5.74, 6) is 0.710. The first-order valence-electron chi connectivity index (χ1n) is 5.94. The summed E-state index contributed by atoms with van der Waals surface area (Å²) in [6, 6.07) is 4.82. The summed E-state index contributed by atoms with van der Waals surface area (Å²) in [6.45, 7) is 5.67. The monoisotopic (exact) mass is 247 g/mol. The van der Waals surface area contributed by atoms with Gasteiger partial charge in [-0.1, -0.05) is 13.8 Å². The SMILES string of the molecule is CC(C)c1nc2cc(NC(=O)[C@@H](C)N)ccc2o1. The molecule has 1 amide bonds. The van der Waals surface area contributed by atoms with Gasteiger partial charge in [0.25, 0.3) is 0 Å². The molecule has 0 bridgehead atoms. The molecule has 0 aliphatic heterocycles. The van der Waals surface area contributed by atoms with Crippen molar-refractivity contribution in [1.82, 2.24) is 4.98 Å². The smallest absolute Gasteiger partial charge is 0.240 e. The fourth-order valence-electron chi connectivity index (χ4n) is 1.53. The van der Waals surface area contributed by atoms with E-state index in [1.54, 1.807) is 25.1 Å². The third kappa shape index (κ3) is 2.51. The zero-order valence-electron chi connectivity index (χ0n) is 10.7. The highest BCUT2D eigenvalue weighted by Gasteiger charge is 2.11. The van der Waals surface area contributed by atoms with Gasteiger partial charge in [0.1, 0.15) is 5.52 Å². The Labute approximate surface area is 105 Å². The van der Waals surface area contributed by atoms with Crippen LogP contribution in [-0.2, 0) is 4.79 Å². The summed E-state index contributed by atoms with van der Waals surface area (Å²) in [5.41, 5.74) is 7.63. The van der Waals surface area contributed by atoms with Crippen LogP contribution in [0.5, 0.6) is 0 Å². The summed E-state index contributed by atoms with van der Waals surface area (Å²) in [6.07, 6.45) is 0. The average molecular weight is 247 g/mol.